The molecule has 0 bridgehead atoms. The van der Waals surface area contributed by atoms with Crippen LogP contribution in [-0.4, -0.2) is 30.3 Å². The van der Waals surface area contributed by atoms with Crippen molar-refractivity contribution in [1.82, 2.24) is 4.57 Å². The van der Waals surface area contributed by atoms with E-state index in [2.05, 4.69) is 0 Å². The van der Waals surface area contributed by atoms with Crippen molar-refractivity contribution in [2.45, 2.75) is 25.0 Å². The molecule has 1 N–H and O–H groups in total. The fraction of sp³-hybridized carbons (Fsp3) is 0.250. The number of nitrogens with zero attached hydrogens (tertiary/aromatic N) is 1. The topological polar surface area (TPSA) is 85.6 Å². The molecule has 6 nitrogen and oxygen atoms in total. The van der Waals surface area contributed by atoms with Gasteiger partial charge in [0.1, 0.15) is 0 Å². The van der Waals surface area contributed by atoms with E-state index in [0.717, 1.165) is 0 Å². The van der Waals surface area contributed by atoms with E-state index in [1.165, 1.54) is 12.1 Å². The Morgan fingerprint density at radius 3 is 2.53 bits per heavy atom. The van der Waals surface area contributed by atoms with Gasteiger partial charge in [0.25, 0.3) is 0 Å². The first kappa shape index (κ1) is 13.6. The Labute approximate surface area is 110 Å². The highest BCUT2D eigenvalue weighted by molar-refractivity contribution is 7.86. The van der Waals surface area contributed by atoms with Crippen LogP contribution in [0.25, 0.3) is 10.9 Å². The molecule has 0 saturated heterocycles. The lowest BCUT2D eigenvalue weighted by Gasteiger charge is -2.09. The SMILES string of the molecule is CC(C)OS(=O)(=O)c1cc2ccccc2n1C(=O)O. The van der Waals surface area contributed by atoms with E-state index in [-0.39, 0.29) is 5.03 Å². The molecule has 0 aliphatic rings. The highest BCUT2D eigenvalue weighted by Crippen LogP contribution is 2.25. The number of para-hydroxylation sites is 1. The normalized spacial score (nSPS) is 12.2. The van der Waals surface area contributed by atoms with Gasteiger partial charge in [0.05, 0.1) is 11.6 Å². The summed E-state index contributed by atoms with van der Waals surface area (Å²) >= 11 is 0. The largest absolute Gasteiger partial charge is 0.464 e. The first-order valence-electron chi connectivity index (χ1n) is 5.60. The molecule has 0 aliphatic heterocycles. The average molecular weight is 283 g/mol. The summed E-state index contributed by atoms with van der Waals surface area (Å²) in [7, 11) is -4.11. The highest BCUT2D eigenvalue weighted by atomic mass is 32.2. The summed E-state index contributed by atoms with van der Waals surface area (Å²) in [6.45, 7) is 3.12. The summed E-state index contributed by atoms with van der Waals surface area (Å²) in [6, 6.07) is 7.82. The Kier molecular flexibility index (Phi) is 3.34. The number of fused-ring (bicyclic) bond motifs is 1. The molecule has 7 heteroatoms. The molecule has 1 aromatic heterocycles. The number of hydrogen-bond donors (Lipinski definition) is 1. The predicted octanol–water partition coefficient (Wildman–Crippen LogP) is 2.28. The van der Waals surface area contributed by atoms with Gasteiger partial charge in [0.15, 0.2) is 5.03 Å². The van der Waals surface area contributed by atoms with Gasteiger partial charge in [-0.3, -0.25) is 4.18 Å². The fourth-order valence-corrected chi connectivity index (χ4v) is 3.09. The second kappa shape index (κ2) is 4.67. The van der Waals surface area contributed by atoms with Gasteiger partial charge in [0, 0.05) is 5.39 Å². The lowest BCUT2D eigenvalue weighted by Crippen LogP contribution is -2.19. The minimum Gasteiger partial charge on any atom is -0.464 e. The second-order valence-electron chi connectivity index (χ2n) is 4.26. The van der Waals surface area contributed by atoms with Crippen LogP contribution in [0.1, 0.15) is 13.8 Å². The van der Waals surface area contributed by atoms with Crippen LogP contribution in [0.5, 0.6) is 0 Å². The van der Waals surface area contributed by atoms with E-state index in [0.29, 0.717) is 15.5 Å². The van der Waals surface area contributed by atoms with E-state index in [1.54, 1.807) is 32.0 Å². The zero-order chi connectivity index (χ0) is 14.2. The summed E-state index contributed by atoms with van der Waals surface area (Å²) in [4.78, 5) is 11.3. The Bertz CT molecular complexity index is 730. The first-order valence-corrected chi connectivity index (χ1v) is 7.01. The maximum absolute atomic E-state index is 12.0. The number of carbonyl (C=O) groups is 1. The van der Waals surface area contributed by atoms with Gasteiger partial charge in [-0.05, 0) is 26.0 Å². The van der Waals surface area contributed by atoms with Crippen LogP contribution in [0.2, 0.25) is 0 Å². The van der Waals surface area contributed by atoms with Gasteiger partial charge in [-0.25, -0.2) is 9.36 Å². The zero-order valence-corrected chi connectivity index (χ0v) is 11.2. The van der Waals surface area contributed by atoms with Gasteiger partial charge >= 0.3 is 16.2 Å². The number of benzene rings is 1. The lowest BCUT2D eigenvalue weighted by atomic mass is 10.2. The summed E-state index contributed by atoms with van der Waals surface area (Å²) in [5.41, 5.74) is 0.306. The smallest absolute Gasteiger partial charge is 0.417 e. The molecule has 0 saturated carbocycles. The third kappa shape index (κ3) is 2.47. The Morgan fingerprint density at radius 2 is 1.95 bits per heavy atom. The summed E-state index contributed by atoms with van der Waals surface area (Å²) in [5.74, 6) is 0. The third-order valence-electron chi connectivity index (χ3n) is 2.44. The minimum absolute atomic E-state index is 0.306. The lowest BCUT2D eigenvalue weighted by molar-refractivity contribution is 0.193. The van der Waals surface area contributed by atoms with Gasteiger partial charge in [-0.2, -0.15) is 8.42 Å². The molecule has 2 aromatic rings. The van der Waals surface area contributed by atoms with E-state index in [1.807, 2.05) is 0 Å². The molecular formula is C12H13NO5S. The number of hydrogen-bond acceptors (Lipinski definition) is 4. The minimum atomic E-state index is -4.11. The Morgan fingerprint density at radius 1 is 1.32 bits per heavy atom. The van der Waals surface area contributed by atoms with Crippen molar-refractivity contribution in [2.24, 2.45) is 0 Å². The number of aromatic nitrogens is 1. The van der Waals surface area contributed by atoms with Crippen molar-refractivity contribution in [2.75, 3.05) is 0 Å². The van der Waals surface area contributed by atoms with Crippen LogP contribution in [-0.2, 0) is 14.3 Å². The molecular weight excluding hydrogens is 270 g/mol. The van der Waals surface area contributed by atoms with Crippen LogP contribution in [0, 0.1) is 0 Å². The van der Waals surface area contributed by atoms with Crippen LogP contribution >= 0.6 is 0 Å². The molecule has 0 unspecified atom stereocenters. The maximum atomic E-state index is 12.0. The number of rotatable bonds is 3. The van der Waals surface area contributed by atoms with Crippen molar-refractivity contribution in [3.8, 4) is 0 Å². The molecule has 102 valence electrons. The van der Waals surface area contributed by atoms with E-state index in [9.17, 15) is 18.3 Å². The maximum Gasteiger partial charge on any atom is 0.417 e. The fourth-order valence-electron chi connectivity index (χ4n) is 1.81. The standard InChI is InChI=1S/C12H13NO5S/c1-8(2)18-19(16,17)11-7-9-5-3-4-6-10(9)13(11)12(14)15/h3-8H,1-2H3,(H,14,15). The molecule has 0 aliphatic carbocycles. The van der Waals surface area contributed by atoms with Crippen molar-refractivity contribution >= 4 is 27.1 Å². The predicted molar refractivity (Wildman–Crippen MR) is 68.8 cm³/mol. The molecule has 0 fully saturated rings. The molecule has 2 rings (SSSR count). The van der Waals surface area contributed by atoms with Crippen molar-refractivity contribution < 1.29 is 22.5 Å². The quantitative estimate of drug-likeness (QED) is 0.873. The van der Waals surface area contributed by atoms with E-state index >= 15 is 0 Å². The number of carboxylic acid groups (broad SMARTS) is 1. The van der Waals surface area contributed by atoms with Gasteiger partial charge in [0.2, 0.25) is 0 Å². The van der Waals surface area contributed by atoms with Crippen molar-refractivity contribution in [3.05, 3.63) is 30.3 Å². The zero-order valence-electron chi connectivity index (χ0n) is 10.4. The van der Waals surface area contributed by atoms with Crippen molar-refractivity contribution in [3.63, 3.8) is 0 Å². The molecule has 1 heterocycles. The Hall–Kier alpha value is -1.86. The first-order chi connectivity index (χ1) is 8.83. The second-order valence-corrected chi connectivity index (χ2v) is 5.78. The van der Waals surface area contributed by atoms with Crippen LogP contribution in [0.15, 0.2) is 35.4 Å². The van der Waals surface area contributed by atoms with Crippen molar-refractivity contribution in [1.29, 1.82) is 0 Å². The summed E-state index contributed by atoms with van der Waals surface area (Å²) in [5, 5.41) is 9.34. The van der Waals surface area contributed by atoms with E-state index in [4.69, 9.17) is 4.18 Å². The van der Waals surface area contributed by atoms with Crippen LogP contribution in [0.4, 0.5) is 4.79 Å². The van der Waals surface area contributed by atoms with E-state index < -0.39 is 22.3 Å². The monoisotopic (exact) mass is 283 g/mol. The van der Waals surface area contributed by atoms with Gasteiger partial charge < -0.3 is 5.11 Å². The molecule has 0 radical (unpaired) electrons. The third-order valence-corrected chi connectivity index (χ3v) is 3.89. The Balaban J connectivity index is 2.73. The molecule has 0 amide bonds. The van der Waals surface area contributed by atoms with Crippen LogP contribution < -0.4 is 0 Å². The average Bonchev–Trinajstić information content (AvgIpc) is 2.67. The van der Waals surface area contributed by atoms with Crippen LogP contribution in [0.3, 0.4) is 0 Å². The summed E-state index contributed by atoms with van der Waals surface area (Å²) in [6.07, 6.45) is -1.93. The van der Waals surface area contributed by atoms with Gasteiger partial charge in [-0.1, -0.05) is 18.2 Å². The molecule has 0 spiro atoms. The summed E-state index contributed by atoms with van der Waals surface area (Å²) < 4.78 is 29.6. The molecule has 1 aromatic carbocycles. The van der Waals surface area contributed by atoms with Gasteiger partial charge in [-0.15, -0.1) is 0 Å². The molecule has 0 atom stereocenters. The highest BCUT2D eigenvalue weighted by Gasteiger charge is 2.26. The molecule has 19 heavy (non-hydrogen) atoms.